The van der Waals surface area contributed by atoms with Gasteiger partial charge < -0.3 is 15.4 Å². The first-order chi connectivity index (χ1) is 10.2. The molecule has 0 bridgehead atoms. The summed E-state index contributed by atoms with van der Waals surface area (Å²) >= 11 is 0. The van der Waals surface area contributed by atoms with Crippen LogP contribution in [0.25, 0.3) is 0 Å². The van der Waals surface area contributed by atoms with Crippen molar-refractivity contribution in [1.29, 1.82) is 0 Å². The van der Waals surface area contributed by atoms with Crippen molar-refractivity contribution in [3.8, 4) is 0 Å². The molecule has 21 heavy (non-hydrogen) atoms. The Balaban J connectivity index is 1.74. The van der Waals surface area contributed by atoms with Crippen LogP contribution in [0.5, 0.6) is 0 Å². The van der Waals surface area contributed by atoms with Crippen molar-refractivity contribution in [2.24, 2.45) is 5.73 Å². The maximum absolute atomic E-state index is 12.8. The highest BCUT2D eigenvalue weighted by Crippen LogP contribution is 2.15. The smallest absolute Gasteiger partial charge is 0.226 e. The van der Waals surface area contributed by atoms with Crippen molar-refractivity contribution in [3.63, 3.8) is 0 Å². The molecule has 4 nitrogen and oxygen atoms in total. The van der Waals surface area contributed by atoms with E-state index in [0.717, 1.165) is 37.9 Å². The summed E-state index contributed by atoms with van der Waals surface area (Å²) in [4.78, 5) is 14.1. The standard InChI is InChI=1S/C16H23FN2O2/c17-14-4-2-13(3-5-14)12-16(20)19-9-6-15(7-10-19)21-11-1-8-18/h2-5,15H,1,6-12,18H2. The summed E-state index contributed by atoms with van der Waals surface area (Å²) in [5.74, 6) is -0.177. The molecule has 1 aliphatic heterocycles. The molecule has 1 saturated heterocycles. The second kappa shape index (κ2) is 8.10. The van der Waals surface area contributed by atoms with Crippen molar-refractivity contribution >= 4 is 5.91 Å². The molecule has 1 amide bonds. The minimum atomic E-state index is -0.276. The molecule has 1 fully saturated rings. The molecule has 1 heterocycles. The van der Waals surface area contributed by atoms with Crippen LogP contribution in [-0.2, 0) is 16.0 Å². The molecule has 1 aromatic rings. The van der Waals surface area contributed by atoms with Crippen LogP contribution in [0.4, 0.5) is 4.39 Å². The Morgan fingerprint density at radius 3 is 2.57 bits per heavy atom. The number of ether oxygens (including phenoxy) is 1. The third-order valence-electron chi connectivity index (χ3n) is 3.77. The van der Waals surface area contributed by atoms with Gasteiger partial charge in [-0.3, -0.25) is 4.79 Å². The third kappa shape index (κ3) is 5.10. The Kier molecular flexibility index (Phi) is 6.14. The van der Waals surface area contributed by atoms with Crippen LogP contribution in [0.3, 0.4) is 0 Å². The van der Waals surface area contributed by atoms with Gasteiger partial charge in [-0.25, -0.2) is 4.39 Å². The molecule has 116 valence electrons. The van der Waals surface area contributed by atoms with E-state index in [9.17, 15) is 9.18 Å². The molecule has 2 rings (SSSR count). The Labute approximate surface area is 125 Å². The lowest BCUT2D eigenvalue weighted by Crippen LogP contribution is -2.41. The molecule has 0 radical (unpaired) electrons. The predicted octanol–water partition coefficient (Wildman–Crippen LogP) is 1.72. The Morgan fingerprint density at radius 2 is 1.95 bits per heavy atom. The average Bonchev–Trinajstić information content (AvgIpc) is 2.50. The first-order valence-electron chi connectivity index (χ1n) is 7.53. The van der Waals surface area contributed by atoms with E-state index >= 15 is 0 Å². The van der Waals surface area contributed by atoms with E-state index in [1.807, 2.05) is 4.90 Å². The number of hydrogen-bond donors (Lipinski definition) is 1. The molecule has 0 saturated carbocycles. The van der Waals surface area contributed by atoms with Gasteiger partial charge in [-0.15, -0.1) is 0 Å². The second-order valence-corrected chi connectivity index (χ2v) is 5.40. The number of benzene rings is 1. The molecule has 0 unspecified atom stereocenters. The number of likely N-dealkylation sites (tertiary alicyclic amines) is 1. The van der Waals surface area contributed by atoms with Gasteiger partial charge in [-0.05, 0) is 43.5 Å². The molecule has 0 aromatic heterocycles. The van der Waals surface area contributed by atoms with Crippen LogP contribution in [-0.4, -0.2) is 43.2 Å². The van der Waals surface area contributed by atoms with Gasteiger partial charge in [0.1, 0.15) is 5.82 Å². The number of piperidine rings is 1. The quantitative estimate of drug-likeness (QED) is 0.813. The fourth-order valence-corrected chi connectivity index (χ4v) is 2.49. The summed E-state index contributed by atoms with van der Waals surface area (Å²) in [6.45, 7) is 2.81. The fraction of sp³-hybridized carbons (Fsp3) is 0.562. The SMILES string of the molecule is NCCCOC1CCN(C(=O)Cc2ccc(F)cc2)CC1. The number of rotatable bonds is 6. The molecule has 2 N–H and O–H groups in total. The van der Waals surface area contributed by atoms with E-state index in [-0.39, 0.29) is 17.8 Å². The lowest BCUT2D eigenvalue weighted by molar-refractivity contribution is -0.133. The van der Waals surface area contributed by atoms with Crippen molar-refractivity contribution in [2.75, 3.05) is 26.2 Å². The molecule has 0 atom stereocenters. The Bertz CT molecular complexity index is 442. The number of nitrogens with zero attached hydrogens (tertiary/aromatic N) is 1. The van der Waals surface area contributed by atoms with Gasteiger partial charge in [-0.1, -0.05) is 12.1 Å². The minimum absolute atomic E-state index is 0.0991. The number of amides is 1. The highest BCUT2D eigenvalue weighted by Gasteiger charge is 2.23. The van der Waals surface area contributed by atoms with Gasteiger partial charge >= 0.3 is 0 Å². The van der Waals surface area contributed by atoms with E-state index in [1.165, 1.54) is 12.1 Å². The zero-order chi connectivity index (χ0) is 15.1. The number of carbonyl (C=O) groups is 1. The zero-order valence-electron chi connectivity index (χ0n) is 12.3. The largest absolute Gasteiger partial charge is 0.378 e. The first-order valence-corrected chi connectivity index (χ1v) is 7.53. The van der Waals surface area contributed by atoms with Gasteiger partial charge in [0.2, 0.25) is 5.91 Å². The van der Waals surface area contributed by atoms with Gasteiger partial charge in [0.15, 0.2) is 0 Å². The van der Waals surface area contributed by atoms with E-state index in [2.05, 4.69) is 0 Å². The maximum atomic E-state index is 12.8. The Hall–Kier alpha value is -1.46. The van der Waals surface area contributed by atoms with Crippen LogP contribution in [0.15, 0.2) is 24.3 Å². The lowest BCUT2D eigenvalue weighted by atomic mass is 10.1. The number of hydrogen-bond acceptors (Lipinski definition) is 3. The van der Waals surface area contributed by atoms with Crippen LogP contribution in [0.1, 0.15) is 24.8 Å². The van der Waals surface area contributed by atoms with Crippen LogP contribution < -0.4 is 5.73 Å². The van der Waals surface area contributed by atoms with E-state index in [1.54, 1.807) is 12.1 Å². The van der Waals surface area contributed by atoms with Crippen molar-refractivity contribution in [2.45, 2.75) is 31.8 Å². The predicted molar refractivity (Wildman–Crippen MR) is 79.3 cm³/mol. The first kappa shape index (κ1) is 15.9. The number of halogens is 1. The summed E-state index contributed by atoms with van der Waals surface area (Å²) < 4.78 is 18.6. The minimum Gasteiger partial charge on any atom is -0.378 e. The topological polar surface area (TPSA) is 55.6 Å². The molecular formula is C16H23FN2O2. The van der Waals surface area contributed by atoms with Gasteiger partial charge in [0.25, 0.3) is 0 Å². The van der Waals surface area contributed by atoms with Crippen molar-refractivity contribution in [1.82, 2.24) is 4.90 Å². The summed E-state index contributed by atoms with van der Waals surface area (Å²) in [6, 6.07) is 6.10. The second-order valence-electron chi connectivity index (χ2n) is 5.40. The lowest BCUT2D eigenvalue weighted by Gasteiger charge is -2.32. The van der Waals surface area contributed by atoms with Crippen LogP contribution in [0.2, 0.25) is 0 Å². The molecule has 1 aliphatic rings. The van der Waals surface area contributed by atoms with E-state index in [0.29, 0.717) is 19.6 Å². The van der Waals surface area contributed by atoms with Crippen LogP contribution >= 0.6 is 0 Å². The third-order valence-corrected chi connectivity index (χ3v) is 3.77. The van der Waals surface area contributed by atoms with Gasteiger partial charge in [-0.2, -0.15) is 0 Å². The Morgan fingerprint density at radius 1 is 1.29 bits per heavy atom. The van der Waals surface area contributed by atoms with Crippen LogP contribution in [0, 0.1) is 5.82 Å². The van der Waals surface area contributed by atoms with Crippen molar-refractivity contribution in [3.05, 3.63) is 35.6 Å². The monoisotopic (exact) mass is 294 g/mol. The van der Waals surface area contributed by atoms with Gasteiger partial charge in [0.05, 0.1) is 12.5 Å². The molecular weight excluding hydrogens is 271 g/mol. The average molecular weight is 294 g/mol. The zero-order valence-corrected chi connectivity index (χ0v) is 12.3. The number of nitrogens with two attached hydrogens (primary N) is 1. The maximum Gasteiger partial charge on any atom is 0.226 e. The molecule has 0 spiro atoms. The highest BCUT2D eigenvalue weighted by molar-refractivity contribution is 5.78. The molecule has 5 heteroatoms. The molecule has 1 aromatic carbocycles. The summed E-state index contributed by atoms with van der Waals surface area (Å²) in [5.41, 5.74) is 6.28. The highest BCUT2D eigenvalue weighted by atomic mass is 19.1. The van der Waals surface area contributed by atoms with E-state index in [4.69, 9.17) is 10.5 Å². The van der Waals surface area contributed by atoms with Gasteiger partial charge in [0, 0.05) is 19.7 Å². The summed E-state index contributed by atoms with van der Waals surface area (Å²) in [7, 11) is 0. The molecule has 0 aliphatic carbocycles. The number of carbonyl (C=O) groups excluding carboxylic acids is 1. The van der Waals surface area contributed by atoms with E-state index < -0.39 is 0 Å². The normalized spacial score (nSPS) is 16.2. The van der Waals surface area contributed by atoms with Crippen molar-refractivity contribution < 1.29 is 13.9 Å². The fourth-order valence-electron chi connectivity index (χ4n) is 2.49. The summed E-state index contributed by atoms with van der Waals surface area (Å²) in [5, 5.41) is 0. The summed E-state index contributed by atoms with van der Waals surface area (Å²) in [6.07, 6.45) is 3.20.